The number of allylic oxidation sites excluding steroid dienone is 1. The molecule has 7 nitrogen and oxygen atoms in total. The maximum atomic E-state index is 12.9. The molecule has 2 unspecified atom stereocenters. The van der Waals surface area contributed by atoms with Crippen LogP contribution in [0.1, 0.15) is 61.9 Å². The number of carbonyl (C=O) groups excluding carboxylic acids is 2. The zero-order valence-electron chi connectivity index (χ0n) is 16.9. The molecule has 0 aromatic heterocycles. The van der Waals surface area contributed by atoms with Crippen LogP contribution in [0.4, 0.5) is 0 Å². The summed E-state index contributed by atoms with van der Waals surface area (Å²) in [5.74, 6) is -1.54. The number of hydrogen-bond donors (Lipinski definition) is 2. The van der Waals surface area contributed by atoms with Crippen molar-refractivity contribution in [2.45, 2.75) is 58.5 Å². The molecule has 29 heavy (non-hydrogen) atoms. The van der Waals surface area contributed by atoms with Crippen molar-refractivity contribution in [1.29, 1.82) is 0 Å². The van der Waals surface area contributed by atoms with Gasteiger partial charge in [0, 0.05) is 11.1 Å². The van der Waals surface area contributed by atoms with Crippen molar-refractivity contribution >= 4 is 17.8 Å². The third-order valence-corrected chi connectivity index (χ3v) is 5.92. The number of nitrogens with zero attached hydrogens (tertiary/aromatic N) is 1. The largest absolute Gasteiger partial charge is 0.481 e. The van der Waals surface area contributed by atoms with Crippen molar-refractivity contribution in [2.24, 2.45) is 17.6 Å². The number of benzene rings is 1. The number of carboxylic acids is 1. The summed E-state index contributed by atoms with van der Waals surface area (Å²) in [5.41, 5.74) is 7.92. The van der Waals surface area contributed by atoms with Gasteiger partial charge in [0.1, 0.15) is 11.8 Å². The van der Waals surface area contributed by atoms with Gasteiger partial charge in [0.15, 0.2) is 0 Å². The van der Waals surface area contributed by atoms with E-state index in [1.165, 1.54) is 17.4 Å². The molecule has 1 aromatic carbocycles. The molecule has 0 radical (unpaired) electrons. The van der Waals surface area contributed by atoms with Gasteiger partial charge in [-0.2, -0.15) is 0 Å². The number of primary amides is 1. The van der Waals surface area contributed by atoms with E-state index in [9.17, 15) is 14.4 Å². The van der Waals surface area contributed by atoms with Gasteiger partial charge in [-0.1, -0.05) is 19.9 Å². The Morgan fingerprint density at radius 1 is 1.34 bits per heavy atom. The lowest BCUT2D eigenvalue weighted by Gasteiger charge is -2.26. The highest BCUT2D eigenvalue weighted by Crippen LogP contribution is 2.34. The lowest BCUT2D eigenvalue weighted by molar-refractivity contribution is -0.142. The molecule has 1 aromatic rings. The van der Waals surface area contributed by atoms with Crippen molar-refractivity contribution in [3.63, 3.8) is 0 Å². The van der Waals surface area contributed by atoms with Gasteiger partial charge in [0.25, 0.3) is 5.91 Å². The number of nitrogens with two attached hydrogens (primary N) is 1. The summed E-state index contributed by atoms with van der Waals surface area (Å²) in [6, 6.07) is 4.26. The van der Waals surface area contributed by atoms with E-state index in [-0.39, 0.29) is 18.9 Å². The number of hydrogen-bond acceptors (Lipinski definition) is 4. The summed E-state index contributed by atoms with van der Waals surface area (Å²) in [5, 5.41) is 9.17. The van der Waals surface area contributed by atoms with E-state index < -0.39 is 23.8 Å². The first-order valence-corrected chi connectivity index (χ1v) is 10.1. The molecule has 1 saturated carbocycles. The van der Waals surface area contributed by atoms with E-state index in [0.29, 0.717) is 16.9 Å². The highest BCUT2D eigenvalue weighted by atomic mass is 16.5. The molecule has 1 heterocycles. The molecule has 156 valence electrons. The second kappa shape index (κ2) is 8.68. The van der Waals surface area contributed by atoms with E-state index >= 15 is 0 Å². The Morgan fingerprint density at radius 2 is 2.03 bits per heavy atom. The third-order valence-electron chi connectivity index (χ3n) is 5.92. The minimum Gasteiger partial charge on any atom is -0.481 e. The molecule has 2 amide bonds. The highest BCUT2D eigenvalue weighted by molar-refractivity contribution is 6.01. The van der Waals surface area contributed by atoms with Crippen molar-refractivity contribution in [3.8, 4) is 5.75 Å². The number of aliphatic carboxylic acids is 1. The molecule has 1 aliphatic heterocycles. The maximum absolute atomic E-state index is 12.9. The summed E-state index contributed by atoms with van der Waals surface area (Å²) in [6.07, 6.45) is 6.08. The Hall–Kier alpha value is -2.83. The molecule has 0 saturated heterocycles. The van der Waals surface area contributed by atoms with Gasteiger partial charge in [-0.15, -0.1) is 0 Å². The van der Waals surface area contributed by atoms with Gasteiger partial charge in [-0.05, 0) is 55.7 Å². The zero-order valence-corrected chi connectivity index (χ0v) is 16.9. The van der Waals surface area contributed by atoms with E-state index in [1.54, 1.807) is 24.5 Å². The number of rotatable bonds is 7. The molecule has 3 N–H and O–H groups in total. The van der Waals surface area contributed by atoms with Crippen LogP contribution >= 0.6 is 0 Å². The van der Waals surface area contributed by atoms with Crippen molar-refractivity contribution < 1.29 is 24.2 Å². The molecule has 2 aliphatic rings. The minimum atomic E-state index is -1.03. The van der Waals surface area contributed by atoms with Crippen LogP contribution in [-0.4, -0.2) is 33.8 Å². The van der Waals surface area contributed by atoms with Gasteiger partial charge in [-0.25, -0.2) is 0 Å². The summed E-state index contributed by atoms with van der Waals surface area (Å²) in [6.45, 7) is 3.92. The second-order valence-electron chi connectivity index (χ2n) is 8.18. The molecule has 0 spiro atoms. The normalized spacial score (nSPS) is 20.8. The summed E-state index contributed by atoms with van der Waals surface area (Å²) in [7, 11) is 0. The fourth-order valence-electron chi connectivity index (χ4n) is 3.92. The number of amides is 2. The molecule has 2 atom stereocenters. The maximum Gasteiger partial charge on any atom is 0.306 e. The van der Waals surface area contributed by atoms with E-state index in [4.69, 9.17) is 15.6 Å². The predicted octanol–water partition coefficient (Wildman–Crippen LogP) is 3.08. The van der Waals surface area contributed by atoms with Crippen LogP contribution < -0.4 is 10.5 Å². The first kappa shape index (κ1) is 20.9. The summed E-state index contributed by atoms with van der Waals surface area (Å²) in [4.78, 5) is 37.4. The smallest absolute Gasteiger partial charge is 0.306 e. The summed E-state index contributed by atoms with van der Waals surface area (Å²) >= 11 is 0. The average Bonchev–Trinajstić information content (AvgIpc) is 3.02. The van der Waals surface area contributed by atoms with Gasteiger partial charge in [0.05, 0.1) is 18.7 Å². The first-order valence-electron chi connectivity index (χ1n) is 10.1. The van der Waals surface area contributed by atoms with Crippen LogP contribution in [0.3, 0.4) is 0 Å². The van der Waals surface area contributed by atoms with E-state index in [0.717, 1.165) is 31.6 Å². The topological polar surface area (TPSA) is 110 Å². The standard InChI is InChI=1S/C22H28N2O5/c1-13-6-8-15(9-7-13)12-29-19-5-3-4-16-17(19)11-24(21(16)26)18(20(23)25)10-14(2)22(27)28/h3-5,12-14,18H,6-11H2,1-2H3,(H2,23,25)(H,27,28). The van der Waals surface area contributed by atoms with Gasteiger partial charge in [-0.3, -0.25) is 14.4 Å². The van der Waals surface area contributed by atoms with Crippen LogP contribution in [-0.2, 0) is 16.1 Å². The molecule has 7 heteroatoms. The molecule has 0 bridgehead atoms. The van der Waals surface area contributed by atoms with Gasteiger partial charge < -0.3 is 20.5 Å². The van der Waals surface area contributed by atoms with Crippen molar-refractivity contribution in [1.82, 2.24) is 4.90 Å². The van der Waals surface area contributed by atoms with Gasteiger partial charge >= 0.3 is 5.97 Å². The van der Waals surface area contributed by atoms with E-state index in [2.05, 4.69) is 6.92 Å². The molecular weight excluding hydrogens is 372 g/mol. The molecular formula is C22H28N2O5. The molecule has 3 rings (SSSR count). The Balaban J connectivity index is 1.79. The van der Waals surface area contributed by atoms with Crippen LogP contribution in [0.25, 0.3) is 0 Å². The lowest BCUT2D eigenvalue weighted by Crippen LogP contribution is -2.46. The monoisotopic (exact) mass is 400 g/mol. The van der Waals surface area contributed by atoms with Crippen LogP contribution in [0.15, 0.2) is 30.0 Å². The number of fused-ring (bicyclic) bond motifs is 1. The minimum absolute atomic E-state index is 0.0250. The van der Waals surface area contributed by atoms with Crippen molar-refractivity contribution in [2.75, 3.05) is 0 Å². The Bertz CT molecular complexity index is 838. The SMILES string of the molecule is CC1CCC(=COc2cccc3c2CN(C(CC(C)C(=O)O)C(N)=O)C3=O)CC1. The van der Waals surface area contributed by atoms with E-state index in [1.807, 2.05) is 0 Å². The fraction of sp³-hybridized carbons (Fsp3) is 0.500. The van der Waals surface area contributed by atoms with Gasteiger partial charge in [0.2, 0.25) is 5.91 Å². The molecule has 1 fully saturated rings. The molecule has 1 aliphatic carbocycles. The fourth-order valence-corrected chi connectivity index (χ4v) is 3.92. The Kier molecular flexibility index (Phi) is 6.25. The zero-order chi connectivity index (χ0) is 21.1. The quantitative estimate of drug-likeness (QED) is 0.684. The predicted molar refractivity (Wildman–Crippen MR) is 107 cm³/mol. The summed E-state index contributed by atoms with van der Waals surface area (Å²) < 4.78 is 5.93. The van der Waals surface area contributed by atoms with Crippen LogP contribution in [0, 0.1) is 11.8 Å². The Morgan fingerprint density at radius 3 is 2.66 bits per heavy atom. The average molecular weight is 400 g/mol. The number of ether oxygens (including phenoxy) is 1. The number of carboxylic acid groups (broad SMARTS) is 1. The van der Waals surface area contributed by atoms with Crippen molar-refractivity contribution in [3.05, 3.63) is 41.2 Å². The third kappa shape index (κ3) is 4.60. The van der Waals surface area contributed by atoms with Crippen LogP contribution in [0.5, 0.6) is 5.75 Å². The first-order chi connectivity index (χ1) is 13.8. The van der Waals surface area contributed by atoms with Crippen LogP contribution in [0.2, 0.25) is 0 Å². The Labute approximate surface area is 170 Å². The second-order valence-corrected chi connectivity index (χ2v) is 8.18. The lowest BCUT2D eigenvalue weighted by atomic mass is 9.88. The number of carbonyl (C=O) groups is 3. The highest BCUT2D eigenvalue weighted by Gasteiger charge is 2.38.